The van der Waals surface area contributed by atoms with Gasteiger partial charge in [0.25, 0.3) is 0 Å². The van der Waals surface area contributed by atoms with E-state index >= 15 is 0 Å². The third-order valence-electron chi connectivity index (χ3n) is 11.3. The van der Waals surface area contributed by atoms with Crippen LogP contribution in [0.4, 0.5) is 0 Å². The van der Waals surface area contributed by atoms with Crippen LogP contribution in [0.3, 0.4) is 0 Å². The summed E-state index contributed by atoms with van der Waals surface area (Å²) < 4.78 is 6.22. The predicted octanol–water partition coefficient (Wildman–Crippen LogP) is 10.3. The van der Waals surface area contributed by atoms with Crippen molar-refractivity contribution in [3.8, 4) is 79.4 Å². The molecule has 0 spiro atoms. The van der Waals surface area contributed by atoms with Gasteiger partial charge in [-0.3, -0.25) is 0 Å². The minimum absolute atomic E-state index is 0.0222. The van der Waals surface area contributed by atoms with Gasteiger partial charge < -0.3 is 45.3 Å². The largest absolute Gasteiger partial charge is 0.504 e. The van der Waals surface area contributed by atoms with E-state index in [-0.39, 0.29) is 32.7 Å². The van der Waals surface area contributed by atoms with Crippen LogP contribution in [-0.2, 0) is 5.41 Å². The molecule has 54 heavy (non-hydrogen) atoms. The summed E-state index contributed by atoms with van der Waals surface area (Å²) >= 11 is 0. The number of phenolic OH excluding ortho intramolecular Hbond substituents is 8. The first-order chi connectivity index (χ1) is 25.9. The standard InChI is InChI=1S/C45H30O9/c1-45(2)27-13-6-5-10-22(27)23-11-7-12-24(36(23)45)31-34-32(37(46)41(50)43(52)39(34)48)30(33-35(31)40(49)44(53)42(51)38(33)47)21-14-15-28-25(17-21)26-16-19-8-3-4-9-20(19)18-29(26)54-28/h3-18,46-53H,1-2H3. The first-order valence-electron chi connectivity index (χ1n) is 17.2. The van der Waals surface area contributed by atoms with Gasteiger partial charge in [0.15, 0.2) is 23.0 Å². The van der Waals surface area contributed by atoms with E-state index in [9.17, 15) is 40.9 Å². The molecule has 9 aromatic rings. The minimum atomic E-state index is -1.02. The minimum Gasteiger partial charge on any atom is -0.504 e. The maximum atomic E-state index is 11.9. The molecule has 8 aromatic carbocycles. The van der Waals surface area contributed by atoms with Crippen molar-refractivity contribution in [3.05, 3.63) is 108 Å². The highest BCUT2D eigenvalue weighted by atomic mass is 16.4. The summed E-state index contributed by atoms with van der Waals surface area (Å²) in [6, 6.07) is 30.1. The summed E-state index contributed by atoms with van der Waals surface area (Å²) in [7, 11) is 0. The van der Waals surface area contributed by atoms with E-state index in [4.69, 9.17) is 4.42 Å². The van der Waals surface area contributed by atoms with Crippen molar-refractivity contribution in [2.45, 2.75) is 19.3 Å². The number of hydrogen-bond donors (Lipinski definition) is 8. The number of furan rings is 1. The molecule has 0 fully saturated rings. The lowest BCUT2D eigenvalue weighted by Crippen LogP contribution is -2.16. The van der Waals surface area contributed by atoms with Crippen molar-refractivity contribution in [1.29, 1.82) is 0 Å². The zero-order valence-electron chi connectivity index (χ0n) is 28.7. The van der Waals surface area contributed by atoms with E-state index in [1.54, 1.807) is 30.3 Å². The van der Waals surface area contributed by atoms with Crippen LogP contribution >= 0.6 is 0 Å². The fourth-order valence-electron chi connectivity index (χ4n) is 8.85. The summed E-state index contributed by atoms with van der Waals surface area (Å²) in [6.07, 6.45) is 0. The van der Waals surface area contributed by atoms with Gasteiger partial charge in [0.2, 0.25) is 23.0 Å². The zero-order valence-corrected chi connectivity index (χ0v) is 28.7. The molecule has 0 saturated carbocycles. The third-order valence-corrected chi connectivity index (χ3v) is 11.3. The van der Waals surface area contributed by atoms with Gasteiger partial charge in [-0.15, -0.1) is 0 Å². The normalized spacial score (nSPS) is 13.4. The first kappa shape index (κ1) is 31.5. The Hall–Kier alpha value is -7.26. The Morgan fingerprint density at radius 1 is 0.426 bits per heavy atom. The Bertz CT molecular complexity index is 3090. The molecular formula is C45H30O9. The molecule has 0 atom stereocenters. The number of fused-ring (bicyclic) bond motifs is 9. The quantitative estimate of drug-likeness (QED) is 0.0492. The Morgan fingerprint density at radius 2 is 0.926 bits per heavy atom. The SMILES string of the molecule is CC1(C)c2ccccc2-c2cccc(-c3c4c(O)c(O)c(O)c(O)c4c(-c4ccc5oc6cc7ccccc7cc6c5c4)c4c(O)c(O)c(O)c(O)c34)c21. The van der Waals surface area contributed by atoms with E-state index in [0.29, 0.717) is 27.7 Å². The van der Waals surface area contributed by atoms with Crippen molar-refractivity contribution >= 4 is 54.3 Å². The number of phenols is 8. The van der Waals surface area contributed by atoms with Gasteiger partial charge in [0.1, 0.15) is 11.2 Å². The molecule has 9 nitrogen and oxygen atoms in total. The van der Waals surface area contributed by atoms with Crippen molar-refractivity contribution in [2.75, 3.05) is 0 Å². The zero-order chi connectivity index (χ0) is 37.5. The fourth-order valence-corrected chi connectivity index (χ4v) is 8.85. The van der Waals surface area contributed by atoms with Crippen LogP contribution in [0.2, 0.25) is 0 Å². The molecule has 0 amide bonds. The van der Waals surface area contributed by atoms with Crippen molar-refractivity contribution in [3.63, 3.8) is 0 Å². The lowest BCUT2D eigenvalue weighted by Gasteiger charge is -2.27. The van der Waals surface area contributed by atoms with Gasteiger partial charge >= 0.3 is 0 Å². The number of hydrogen-bond acceptors (Lipinski definition) is 9. The second kappa shape index (κ2) is 10.4. The highest BCUT2D eigenvalue weighted by Crippen LogP contribution is 2.63. The van der Waals surface area contributed by atoms with Crippen LogP contribution in [0.15, 0.2) is 101 Å². The van der Waals surface area contributed by atoms with E-state index in [1.807, 2.05) is 80.6 Å². The highest BCUT2D eigenvalue weighted by Gasteiger charge is 2.40. The van der Waals surface area contributed by atoms with E-state index in [0.717, 1.165) is 38.4 Å². The average molecular weight is 715 g/mol. The van der Waals surface area contributed by atoms with Crippen LogP contribution in [-0.4, -0.2) is 40.9 Å². The monoisotopic (exact) mass is 714 g/mol. The molecule has 9 heteroatoms. The molecule has 1 aliphatic rings. The van der Waals surface area contributed by atoms with Gasteiger partial charge in [0, 0.05) is 48.9 Å². The lowest BCUT2D eigenvalue weighted by atomic mass is 9.76. The van der Waals surface area contributed by atoms with Gasteiger partial charge in [-0.05, 0) is 68.4 Å². The first-order valence-corrected chi connectivity index (χ1v) is 17.2. The predicted molar refractivity (Wildman–Crippen MR) is 208 cm³/mol. The van der Waals surface area contributed by atoms with E-state index in [1.165, 1.54) is 0 Å². The molecule has 10 rings (SSSR count). The summed E-state index contributed by atoms with van der Waals surface area (Å²) in [5.41, 5.74) is 4.78. The number of benzene rings is 8. The summed E-state index contributed by atoms with van der Waals surface area (Å²) in [6.45, 7) is 4.05. The van der Waals surface area contributed by atoms with Crippen LogP contribution in [0.1, 0.15) is 25.0 Å². The van der Waals surface area contributed by atoms with Crippen LogP contribution in [0, 0.1) is 0 Å². The van der Waals surface area contributed by atoms with Crippen LogP contribution < -0.4 is 0 Å². The molecular weight excluding hydrogens is 684 g/mol. The molecule has 1 aromatic heterocycles. The summed E-state index contributed by atoms with van der Waals surface area (Å²) in [4.78, 5) is 0. The lowest BCUT2D eigenvalue weighted by molar-refractivity contribution is 0.350. The van der Waals surface area contributed by atoms with Gasteiger partial charge in [0.05, 0.1) is 0 Å². The van der Waals surface area contributed by atoms with Crippen molar-refractivity contribution < 1.29 is 45.3 Å². The highest BCUT2D eigenvalue weighted by molar-refractivity contribution is 6.29. The second-order valence-electron chi connectivity index (χ2n) is 14.4. The molecule has 8 N–H and O–H groups in total. The Labute approximate surface area is 305 Å². The smallest absolute Gasteiger partial charge is 0.204 e. The van der Waals surface area contributed by atoms with Gasteiger partial charge in [-0.25, -0.2) is 0 Å². The van der Waals surface area contributed by atoms with Crippen LogP contribution in [0.5, 0.6) is 46.0 Å². The molecule has 0 bridgehead atoms. The maximum Gasteiger partial charge on any atom is 0.204 e. The Balaban J connectivity index is 1.43. The maximum absolute atomic E-state index is 11.9. The van der Waals surface area contributed by atoms with Crippen LogP contribution in [0.25, 0.3) is 87.6 Å². The fraction of sp³-hybridized carbons (Fsp3) is 0.0667. The number of rotatable bonds is 2. The third kappa shape index (κ3) is 3.82. The molecule has 1 aliphatic carbocycles. The van der Waals surface area contributed by atoms with E-state index < -0.39 is 51.4 Å². The van der Waals surface area contributed by atoms with E-state index in [2.05, 4.69) is 0 Å². The second-order valence-corrected chi connectivity index (χ2v) is 14.4. The van der Waals surface area contributed by atoms with Gasteiger partial charge in [-0.2, -0.15) is 0 Å². The topological polar surface area (TPSA) is 175 Å². The molecule has 264 valence electrons. The molecule has 0 aliphatic heterocycles. The van der Waals surface area contributed by atoms with Gasteiger partial charge in [-0.1, -0.05) is 86.6 Å². The molecule has 1 heterocycles. The summed E-state index contributed by atoms with van der Waals surface area (Å²) in [5, 5.41) is 94.3. The molecule has 0 radical (unpaired) electrons. The molecule has 0 saturated heterocycles. The average Bonchev–Trinajstić information content (AvgIpc) is 3.65. The van der Waals surface area contributed by atoms with Crippen molar-refractivity contribution in [2.24, 2.45) is 0 Å². The van der Waals surface area contributed by atoms with Crippen molar-refractivity contribution in [1.82, 2.24) is 0 Å². The Morgan fingerprint density at radius 3 is 1.56 bits per heavy atom. The Kier molecular flexibility index (Phi) is 6.07. The summed E-state index contributed by atoms with van der Waals surface area (Å²) in [5.74, 6) is -7.38. The number of aromatic hydroxyl groups is 8. The molecule has 0 unspecified atom stereocenters.